The summed E-state index contributed by atoms with van der Waals surface area (Å²) in [5.74, 6) is 1.38. The SMILES string of the molecule is COc1cc(CNCc2cccc(C)c2)ccc1OCC(O)CN1CCCCCC1. The molecule has 1 aliphatic rings. The van der Waals surface area contributed by atoms with Gasteiger partial charge in [-0.2, -0.15) is 0 Å². The average molecular weight is 413 g/mol. The van der Waals surface area contributed by atoms with Crippen molar-refractivity contribution >= 4 is 0 Å². The molecule has 164 valence electrons. The summed E-state index contributed by atoms with van der Waals surface area (Å²) in [6.07, 6.45) is 4.55. The van der Waals surface area contributed by atoms with Crippen LogP contribution in [-0.4, -0.2) is 49.5 Å². The zero-order valence-corrected chi connectivity index (χ0v) is 18.4. The Balaban J connectivity index is 1.47. The van der Waals surface area contributed by atoms with Crippen LogP contribution in [0.25, 0.3) is 0 Å². The van der Waals surface area contributed by atoms with Crippen molar-refractivity contribution in [3.63, 3.8) is 0 Å². The molecule has 1 aliphatic heterocycles. The van der Waals surface area contributed by atoms with Gasteiger partial charge >= 0.3 is 0 Å². The molecule has 3 rings (SSSR count). The summed E-state index contributed by atoms with van der Waals surface area (Å²) < 4.78 is 11.4. The summed E-state index contributed by atoms with van der Waals surface area (Å²) in [7, 11) is 1.65. The van der Waals surface area contributed by atoms with Crippen molar-refractivity contribution in [3.8, 4) is 11.5 Å². The van der Waals surface area contributed by atoms with Crippen LogP contribution in [0.3, 0.4) is 0 Å². The highest BCUT2D eigenvalue weighted by Crippen LogP contribution is 2.28. The highest BCUT2D eigenvalue weighted by atomic mass is 16.5. The molecule has 0 aromatic heterocycles. The molecule has 0 amide bonds. The van der Waals surface area contributed by atoms with Crippen LogP contribution in [0.5, 0.6) is 11.5 Å². The molecule has 5 nitrogen and oxygen atoms in total. The number of aliphatic hydroxyl groups excluding tert-OH is 1. The van der Waals surface area contributed by atoms with Gasteiger partial charge in [0.1, 0.15) is 12.7 Å². The number of hydrogen-bond acceptors (Lipinski definition) is 5. The Kier molecular flexibility index (Phi) is 9.00. The molecule has 0 aliphatic carbocycles. The molecule has 0 radical (unpaired) electrons. The van der Waals surface area contributed by atoms with Crippen molar-refractivity contribution in [1.82, 2.24) is 10.2 Å². The molecule has 2 aromatic rings. The molecular weight excluding hydrogens is 376 g/mol. The third-order valence-corrected chi connectivity index (χ3v) is 5.57. The van der Waals surface area contributed by atoms with Crippen LogP contribution in [0.1, 0.15) is 42.4 Å². The number of ether oxygens (including phenoxy) is 2. The van der Waals surface area contributed by atoms with E-state index in [1.807, 2.05) is 18.2 Å². The van der Waals surface area contributed by atoms with Crippen LogP contribution in [0, 0.1) is 6.92 Å². The monoisotopic (exact) mass is 412 g/mol. The van der Waals surface area contributed by atoms with Gasteiger partial charge in [0, 0.05) is 19.6 Å². The van der Waals surface area contributed by atoms with Gasteiger partial charge in [-0.15, -0.1) is 0 Å². The van der Waals surface area contributed by atoms with Gasteiger partial charge in [-0.25, -0.2) is 0 Å². The number of likely N-dealkylation sites (tertiary alicyclic amines) is 1. The maximum absolute atomic E-state index is 10.4. The summed E-state index contributed by atoms with van der Waals surface area (Å²) in [5, 5.41) is 13.9. The maximum atomic E-state index is 10.4. The van der Waals surface area contributed by atoms with Gasteiger partial charge in [-0.05, 0) is 56.1 Å². The molecule has 1 unspecified atom stereocenters. The van der Waals surface area contributed by atoms with Gasteiger partial charge in [0.25, 0.3) is 0 Å². The maximum Gasteiger partial charge on any atom is 0.161 e. The Bertz CT molecular complexity index is 773. The zero-order valence-electron chi connectivity index (χ0n) is 18.4. The lowest BCUT2D eigenvalue weighted by molar-refractivity contribution is 0.0683. The first-order valence-electron chi connectivity index (χ1n) is 11.1. The summed E-state index contributed by atoms with van der Waals surface area (Å²) in [4.78, 5) is 2.35. The van der Waals surface area contributed by atoms with Crippen LogP contribution in [0.4, 0.5) is 0 Å². The fourth-order valence-corrected chi connectivity index (χ4v) is 3.97. The number of β-amino-alcohol motifs (C(OH)–C–C–N with tert-alkyl or cyclic N) is 1. The molecule has 0 spiro atoms. The van der Waals surface area contributed by atoms with Crippen molar-refractivity contribution in [2.45, 2.75) is 51.8 Å². The summed E-state index contributed by atoms with van der Waals surface area (Å²) in [6, 6.07) is 14.5. The lowest BCUT2D eigenvalue weighted by Crippen LogP contribution is -2.36. The van der Waals surface area contributed by atoms with Gasteiger partial charge in [0.15, 0.2) is 11.5 Å². The van der Waals surface area contributed by atoms with E-state index in [-0.39, 0.29) is 6.61 Å². The van der Waals surface area contributed by atoms with Gasteiger partial charge in [-0.1, -0.05) is 48.7 Å². The number of rotatable bonds is 10. The minimum Gasteiger partial charge on any atom is -0.493 e. The average Bonchev–Trinajstić information content (AvgIpc) is 3.01. The van der Waals surface area contributed by atoms with Crippen molar-refractivity contribution < 1.29 is 14.6 Å². The van der Waals surface area contributed by atoms with Crippen LogP contribution in [-0.2, 0) is 13.1 Å². The molecule has 0 bridgehead atoms. The Labute approximate surface area is 181 Å². The van der Waals surface area contributed by atoms with Gasteiger partial charge in [0.05, 0.1) is 7.11 Å². The molecule has 1 heterocycles. The van der Waals surface area contributed by atoms with E-state index >= 15 is 0 Å². The molecule has 2 aromatic carbocycles. The number of aliphatic hydroxyl groups is 1. The van der Waals surface area contributed by atoms with Gasteiger partial charge in [0.2, 0.25) is 0 Å². The van der Waals surface area contributed by atoms with E-state index in [1.165, 1.54) is 36.8 Å². The van der Waals surface area contributed by atoms with E-state index in [0.29, 0.717) is 18.0 Å². The predicted octanol–water partition coefficient (Wildman–Crippen LogP) is 3.91. The third-order valence-electron chi connectivity index (χ3n) is 5.57. The second-order valence-electron chi connectivity index (χ2n) is 8.26. The van der Waals surface area contributed by atoms with Crippen molar-refractivity contribution in [3.05, 3.63) is 59.2 Å². The first-order chi connectivity index (χ1) is 14.6. The minimum atomic E-state index is -0.497. The molecule has 1 fully saturated rings. The fraction of sp³-hybridized carbons (Fsp3) is 0.520. The molecule has 1 atom stereocenters. The van der Waals surface area contributed by atoms with E-state index in [0.717, 1.165) is 31.7 Å². The Morgan fingerprint density at radius 1 is 0.967 bits per heavy atom. The highest BCUT2D eigenvalue weighted by Gasteiger charge is 2.15. The van der Waals surface area contributed by atoms with Crippen molar-refractivity contribution in [1.29, 1.82) is 0 Å². The molecule has 30 heavy (non-hydrogen) atoms. The summed E-state index contributed by atoms with van der Waals surface area (Å²) >= 11 is 0. The van der Waals surface area contributed by atoms with Crippen LogP contribution in [0.15, 0.2) is 42.5 Å². The van der Waals surface area contributed by atoms with Crippen LogP contribution < -0.4 is 14.8 Å². The number of hydrogen-bond donors (Lipinski definition) is 2. The normalized spacial score (nSPS) is 16.1. The molecular formula is C25H36N2O3. The van der Waals surface area contributed by atoms with Crippen LogP contribution >= 0.6 is 0 Å². The Morgan fingerprint density at radius 3 is 2.40 bits per heavy atom. The second-order valence-corrected chi connectivity index (χ2v) is 8.26. The minimum absolute atomic E-state index is 0.276. The lowest BCUT2D eigenvalue weighted by atomic mass is 10.1. The fourth-order valence-electron chi connectivity index (χ4n) is 3.97. The number of nitrogens with zero attached hydrogens (tertiary/aromatic N) is 1. The quantitative estimate of drug-likeness (QED) is 0.620. The summed E-state index contributed by atoms with van der Waals surface area (Å²) in [5.41, 5.74) is 3.69. The molecule has 5 heteroatoms. The standard InChI is InChI=1S/C25H36N2O3/c1-20-8-7-9-21(14-20)16-26-17-22-10-11-24(25(15-22)29-2)30-19-23(28)18-27-12-5-3-4-6-13-27/h7-11,14-15,23,26,28H,3-6,12-13,16-19H2,1-2H3. The topological polar surface area (TPSA) is 54.0 Å². The van der Waals surface area contributed by atoms with E-state index in [1.54, 1.807) is 7.11 Å². The molecule has 0 saturated carbocycles. The van der Waals surface area contributed by atoms with E-state index < -0.39 is 6.10 Å². The second kappa shape index (κ2) is 11.9. The van der Waals surface area contributed by atoms with E-state index in [9.17, 15) is 5.11 Å². The Hall–Kier alpha value is -2.08. The first-order valence-corrected chi connectivity index (χ1v) is 11.1. The van der Waals surface area contributed by atoms with Crippen molar-refractivity contribution in [2.24, 2.45) is 0 Å². The van der Waals surface area contributed by atoms with Gasteiger partial charge < -0.3 is 24.8 Å². The largest absolute Gasteiger partial charge is 0.493 e. The first kappa shape index (κ1) is 22.6. The van der Waals surface area contributed by atoms with E-state index in [4.69, 9.17) is 9.47 Å². The highest BCUT2D eigenvalue weighted by molar-refractivity contribution is 5.43. The zero-order chi connectivity index (χ0) is 21.2. The number of nitrogens with one attached hydrogen (secondary N) is 1. The molecule has 2 N–H and O–H groups in total. The van der Waals surface area contributed by atoms with Gasteiger partial charge in [-0.3, -0.25) is 0 Å². The summed E-state index contributed by atoms with van der Waals surface area (Å²) in [6.45, 7) is 6.78. The van der Waals surface area contributed by atoms with Crippen LogP contribution in [0.2, 0.25) is 0 Å². The molecule has 1 saturated heterocycles. The number of methoxy groups -OCH3 is 1. The number of benzene rings is 2. The van der Waals surface area contributed by atoms with Crippen molar-refractivity contribution in [2.75, 3.05) is 33.4 Å². The number of aryl methyl sites for hydroxylation is 1. The Morgan fingerprint density at radius 2 is 1.70 bits per heavy atom. The lowest BCUT2D eigenvalue weighted by Gasteiger charge is -2.23. The predicted molar refractivity (Wildman–Crippen MR) is 121 cm³/mol. The smallest absolute Gasteiger partial charge is 0.161 e. The third kappa shape index (κ3) is 7.31. The van der Waals surface area contributed by atoms with E-state index in [2.05, 4.69) is 41.4 Å².